The van der Waals surface area contributed by atoms with E-state index in [1.807, 2.05) is 6.07 Å². The zero-order chi connectivity index (χ0) is 13.0. The SMILES string of the molecule is C(=C\[C@H]1CCC[C@@]2(CCCCO2)O1)/c1ccccc1. The Labute approximate surface area is 115 Å². The molecule has 102 valence electrons. The molecule has 0 N–H and O–H groups in total. The van der Waals surface area contributed by atoms with Gasteiger partial charge in [0.2, 0.25) is 0 Å². The van der Waals surface area contributed by atoms with Crippen molar-refractivity contribution in [3.05, 3.63) is 42.0 Å². The third-order valence-electron chi connectivity index (χ3n) is 4.03. The van der Waals surface area contributed by atoms with Crippen LogP contribution >= 0.6 is 0 Å². The Morgan fingerprint density at radius 2 is 1.89 bits per heavy atom. The van der Waals surface area contributed by atoms with Crippen LogP contribution < -0.4 is 0 Å². The molecule has 2 atom stereocenters. The molecule has 2 fully saturated rings. The summed E-state index contributed by atoms with van der Waals surface area (Å²) in [6.45, 7) is 0.856. The zero-order valence-electron chi connectivity index (χ0n) is 11.4. The lowest BCUT2D eigenvalue weighted by molar-refractivity contribution is -0.286. The standard InChI is InChI=1S/C17H22O2/c1-2-7-15(8-3-1)10-11-16-9-6-13-17(19-16)12-4-5-14-18-17/h1-3,7-8,10-11,16H,4-6,9,12-14H2/b11-10+/t16-,17-/m1/s1. The molecular weight excluding hydrogens is 236 g/mol. The van der Waals surface area contributed by atoms with E-state index >= 15 is 0 Å². The molecule has 0 aromatic heterocycles. The average Bonchev–Trinajstić information content (AvgIpc) is 2.47. The third kappa shape index (κ3) is 3.26. The van der Waals surface area contributed by atoms with Crippen LogP contribution in [0, 0.1) is 0 Å². The van der Waals surface area contributed by atoms with Crippen LogP contribution in [0.4, 0.5) is 0 Å². The molecule has 1 aromatic rings. The van der Waals surface area contributed by atoms with Crippen LogP contribution in [-0.4, -0.2) is 18.5 Å². The first kappa shape index (κ1) is 12.9. The summed E-state index contributed by atoms with van der Waals surface area (Å²) >= 11 is 0. The first-order chi connectivity index (χ1) is 9.36. The molecule has 0 amide bonds. The minimum Gasteiger partial charge on any atom is -0.350 e. The summed E-state index contributed by atoms with van der Waals surface area (Å²) in [5, 5.41) is 0. The second-order valence-electron chi connectivity index (χ2n) is 5.53. The fourth-order valence-electron chi connectivity index (χ4n) is 3.00. The van der Waals surface area contributed by atoms with Crippen molar-refractivity contribution >= 4 is 6.08 Å². The summed E-state index contributed by atoms with van der Waals surface area (Å²) in [4.78, 5) is 0. The van der Waals surface area contributed by atoms with Gasteiger partial charge in [-0.3, -0.25) is 0 Å². The molecule has 2 aliphatic heterocycles. The van der Waals surface area contributed by atoms with Gasteiger partial charge in [0.1, 0.15) is 0 Å². The monoisotopic (exact) mass is 258 g/mol. The van der Waals surface area contributed by atoms with Crippen molar-refractivity contribution < 1.29 is 9.47 Å². The van der Waals surface area contributed by atoms with Crippen molar-refractivity contribution in [1.82, 2.24) is 0 Å². The van der Waals surface area contributed by atoms with Gasteiger partial charge in [0, 0.05) is 12.8 Å². The molecule has 0 bridgehead atoms. The van der Waals surface area contributed by atoms with Gasteiger partial charge in [0.05, 0.1) is 12.7 Å². The smallest absolute Gasteiger partial charge is 0.169 e. The predicted molar refractivity (Wildman–Crippen MR) is 76.7 cm³/mol. The molecule has 2 heteroatoms. The minimum atomic E-state index is -0.276. The summed E-state index contributed by atoms with van der Waals surface area (Å²) in [6.07, 6.45) is 11.4. The van der Waals surface area contributed by atoms with Gasteiger partial charge in [0.15, 0.2) is 5.79 Å². The molecule has 1 aromatic carbocycles. The zero-order valence-corrected chi connectivity index (χ0v) is 11.4. The lowest BCUT2D eigenvalue weighted by atomic mass is 9.94. The fraction of sp³-hybridized carbons (Fsp3) is 0.529. The highest BCUT2D eigenvalue weighted by molar-refractivity contribution is 5.49. The van der Waals surface area contributed by atoms with Crippen molar-refractivity contribution in [3.8, 4) is 0 Å². The fourth-order valence-corrected chi connectivity index (χ4v) is 3.00. The molecule has 2 nitrogen and oxygen atoms in total. The van der Waals surface area contributed by atoms with Gasteiger partial charge in [-0.25, -0.2) is 0 Å². The summed E-state index contributed by atoms with van der Waals surface area (Å²) in [5.74, 6) is -0.276. The molecule has 0 aliphatic carbocycles. The maximum atomic E-state index is 6.23. The lowest BCUT2D eigenvalue weighted by Gasteiger charge is -2.42. The minimum absolute atomic E-state index is 0.201. The molecule has 2 saturated heterocycles. The normalized spacial score (nSPS) is 31.9. The Balaban J connectivity index is 1.63. The second-order valence-corrected chi connectivity index (χ2v) is 5.53. The van der Waals surface area contributed by atoms with E-state index in [2.05, 4.69) is 36.4 Å². The highest BCUT2D eigenvalue weighted by Gasteiger charge is 2.38. The molecule has 1 spiro atoms. The van der Waals surface area contributed by atoms with Crippen LogP contribution in [0.25, 0.3) is 6.08 Å². The van der Waals surface area contributed by atoms with Gasteiger partial charge in [-0.05, 0) is 31.2 Å². The topological polar surface area (TPSA) is 18.5 Å². The van der Waals surface area contributed by atoms with Gasteiger partial charge in [-0.2, -0.15) is 0 Å². The van der Waals surface area contributed by atoms with Crippen molar-refractivity contribution in [1.29, 1.82) is 0 Å². The Kier molecular flexibility index (Phi) is 4.00. The Morgan fingerprint density at radius 3 is 2.68 bits per heavy atom. The van der Waals surface area contributed by atoms with Gasteiger partial charge in [-0.15, -0.1) is 0 Å². The van der Waals surface area contributed by atoms with Gasteiger partial charge >= 0.3 is 0 Å². The summed E-state index contributed by atoms with van der Waals surface area (Å²) in [6, 6.07) is 10.4. The van der Waals surface area contributed by atoms with E-state index < -0.39 is 0 Å². The molecule has 0 saturated carbocycles. The maximum absolute atomic E-state index is 6.23. The first-order valence-corrected chi connectivity index (χ1v) is 7.41. The van der Waals surface area contributed by atoms with Gasteiger partial charge < -0.3 is 9.47 Å². The van der Waals surface area contributed by atoms with Gasteiger partial charge in [0.25, 0.3) is 0 Å². The van der Waals surface area contributed by atoms with E-state index in [-0.39, 0.29) is 11.9 Å². The van der Waals surface area contributed by atoms with E-state index in [0.29, 0.717) is 0 Å². The first-order valence-electron chi connectivity index (χ1n) is 7.41. The number of hydrogen-bond acceptors (Lipinski definition) is 2. The Morgan fingerprint density at radius 1 is 1.05 bits per heavy atom. The van der Waals surface area contributed by atoms with Crippen LogP contribution in [0.2, 0.25) is 0 Å². The highest BCUT2D eigenvalue weighted by Crippen LogP contribution is 2.37. The summed E-state index contributed by atoms with van der Waals surface area (Å²) < 4.78 is 12.2. The average molecular weight is 258 g/mol. The summed E-state index contributed by atoms with van der Waals surface area (Å²) in [5.41, 5.74) is 1.23. The van der Waals surface area contributed by atoms with Crippen molar-refractivity contribution in [2.75, 3.05) is 6.61 Å². The Bertz CT molecular complexity index is 413. The number of hydrogen-bond donors (Lipinski definition) is 0. The number of ether oxygens (including phenoxy) is 2. The third-order valence-corrected chi connectivity index (χ3v) is 4.03. The number of rotatable bonds is 2. The van der Waals surface area contributed by atoms with Crippen molar-refractivity contribution in [2.24, 2.45) is 0 Å². The van der Waals surface area contributed by atoms with E-state index in [9.17, 15) is 0 Å². The molecule has 0 unspecified atom stereocenters. The quantitative estimate of drug-likeness (QED) is 0.792. The Hall–Kier alpha value is -1.12. The molecule has 2 heterocycles. The predicted octanol–water partition coefficient (Wildman–Crippen LogP) is 4.17. The van der Waals surface area contributed by atoms with Crippen molar-refractivity contribution in [2.45, 2.75) is 50.4 Å². The second kappa shape index (κ2) is 5.89. The maximum Gasteiger partial charge on any atom is 0.169 e. The van der Waals surface area contributed by atoms with Crippen LogP contribution in [0.1, 0.15) is 44.1 Å². The molecule has 2 aliphatic rings. The van der Waals surface area contributed by atoms with Crippen LogP contribution in [-0.2, 0) is 9.47 Å². The highest BCUT2D eigenvalue weighted by atomic mass is 16.7. The van der Waals surface area contributed by atoms with Crippen molar-refractivity contribution in [3.63, 3.8) is 0 Å². The van der Waals surface area contributed by atoms with E-state index in [4.69, 9.17) is 9.47 Å². The molecule has 0 radical (unpaired) electrons. The van der Waals surface area contributed by atoms with E-state index in [1.54, 1.807) is 0 Å². The van der Waals surface area contributed by atoms with Crippen LogP contribution in [0.15, 0.2) is 36.4 Å². The van der Waals surface area contributed by atoms with Crippen LogP contribution in [0.3, 0.4) is 0 Å². The lowest BCUT2D eigenvalue weighted by Crippen LogP contribution is -2.44. The molecule has 19 heavy (non-hydrogen) atoms. The molecule has 3 rings (SSSR count). The van der Waals surface area contributed by atoms with E-state index in [0.717, 1.165) is 25.9 Å². The number of benzene rings is 1. The summed E-state index contributed by atoms with van der Waals surface area (Å²) in [7, 11) is 0. The largest absolute Gasteiger partial charge is 0.350 e. The molecular formula is C17H22O2. The van der Waals surface area contributed by atoms with E-state index in [1.165, 1.54) is 24.8 Å². The van der Waals surface area contributed by atoms with Crippen LogP contribution in [0.5, 0.6) is 0 Å². The van der Waals surface area contributed by atoms with Gasteiger partial charge in [-0.1, -0.05) is 42.5 Å².